The Hall–Kier alpha value is -3.02. The van der Waals surface area contributed by atoms with E-state index in [1.807, 2.05) is 25.1 Å². The van der Waals surface area contributed by atoms with Gasteiger partial charge in [-0.3, -0.25) is 9.59 Å². The molecule has 6 nitrogen and oxygen atoms in total. The molecule has 28 heavy (non-hydrogen) atoms. The van der Waals surface area contributed by atoms with E-state index in [1.54, 1.807) is 38.5 Å². The largest absolute Gasteiger partial charge is 0.497 e. The summed E-state index contributed by atoms with van der Waals surface area (Å²) in [5.41, 5.74) is 1.93. The van der Waals surface area contributed by atoms with Crippen molar-refractivity contribution in [2.75, 3.05) is 19.5 Å². The number of rotatable bonds is 7. The molecule has 148 valence electrons. The van der Waals surface area contributed by atoms with Gasteiger partial charge in [0.15, 0.2) is 0 Å². The van der Waals surface area contributed by atoms with Crippen LogP contribution in [0, 0.1) is 11.8 Å². The second-order valence-corrected chi connectivity index (χ2v) is 7.19. The van der Waals surface area contributed by atoms with E-state index in [9.17, 15) is 9.59 Å². The van der Waals surface area contributed by atoms with Crippen LogP contribution in [0.2, 0.25) is 0 Å². The van der Waals surface area contributed by atoms with Gasteiger partial charge in [0.1, 0.15) is 11.5 Å². The van der Waals surface area contributed by atoms with E-state index in [-0.39, 0.29) is 23.8 Å². The molecule has 3 unspecified atom stereocenters. The van der Waals surface area contributed by atoms with Gasteiger partial charge in [-0.15, -0.1) is 0 Å². The molecule has 3 rings (SSSR count). The Morgan fingerprint density at radius 2 is 1.86 bits per heavy atom. The van der Waals surface area contributed by atoms with Crippen molar-refractivity contribution in [2.45, 2.75) is 26.3 Å². The van der Waals surface area contributed by atoms with Crippen molar-refractivity contribution >= 4 is 17.5 Å². The van der Waals surface area contributed by atoms with Gasteiger partial charge >= 0.3 is 0 Å². The summed E-state index contributed by atoms with van der Waals surface area (Å²) in [4.78, 5) is 24.8. The third-order valence-electron chi connectivity index (χ3n) is 5.09. The van der Waals surface area contributed by atoms with Crippen molar-refractivity contribution in [3.05, 3.63) is 53.6 Å². The molecule has 1 fully saturated rings. The van der Waals surface area contributed by atoms with Crippen LogP contribution >= 0.6 is 0 Å². The number of amides is 2. The zero-order valence-electron chi connectivity index (χ0n) is 16.6. The van der Waals surface area contributed by atoms with Crippen LogP contribution in [0.3, 0.4) is 0 Å². The summed E-state index contributed by atoms with van der Waals surface area (Å²) in [7, 11) is 3.18. The van der Waals surface area contributed by atoms with Crippen LogP contribution in [0.25, 0.3) is 0 Å². The minimum Gasteiger partial charge on any atom is -0.497 e. The summed E-state index contributed by atoms with van der Waals surface area (Å²) in [6.07, 6.45) is 0.923. The van der Waals surface area contributed by atoms with Gasteiger partial charge in [0.25, 0.3) is 5.91 Å². The normalized spacial score (nSPS) is 18.7. The van der Waals surface area contributed by atoms with Gasteiger partial charge in [0.05, 0.1) is 20.3 Å². The molecule has 2 aromatic carbocycles. The lowest BCUT2D eigenvalue weighted by molar-refractivity contribution is -0.117. The van der Waals surface area contributed by atoms with Crippen LogP contribution < -0.4 is 20.1 Å². The van der Waals surface area contributed by atoms with Crippen molar-refractivity contribution in [3.63, 3.8) is 0 Å². The quantitative estimate of drug-likeness (QED) is 0.764. The molecule has 2 N–H and O–H groups in total. The van der Waals surface area contributed by atoms with Gasteiger partial charge in [-0.1, -0.05) is 13.0 Å². The Morgan fingerprint density at radius 1 is 1.11 bits per heavy atom. The average Bonchev–Trinajstić information content (AvgIpc) is 3.44. The number of methoxy groups -OCH3 is 2. The second kappa shape index (κ2) is 8.33. The molecule has 0 bridgehead atoms. The van der Waals surface area contributed by atoms with E-state index in [2.05, 4.69) is 17.6 Å². The number of hydrogen-bond acceptors (Lipinski definition) is 4. The molecule has 1 saturated carbocycles. The Labute approximate surface area is 165 Å². The first-order valence-electron chi connectivity index (χ1n) is 9.36. The van der Waals surface area contributed by atoms with Crippen molar-refractivity contribution in [1.82, 2.24) is 5.32 Å². The SMILES string of the molecule is COc1ccc(OC)c(C(C)NC(=O)c2cccc(NC(=O)C3CC3C)c2)c1. The lowest BCUT2D eigenvalue weighted by Gasteiger charge is -2.18. The average molecular weight is 382 g/mol. The van der Waals surface area contributed by atoms with Gasteiger partial charge in [0.2, 0.25) is 5.91 Å². The molecule has 0 aliphatic heterocycles. The van der Waals surface area contributed by atoms with Crippen LogP contribution in [-0.2, 0) is 4.79 Å². The summed E-state index contributed by atoms with van der Waals surface area (Å²) >= 11 is 0. The molecule has 2 amide bonds. The molecule has 0 aromatic heterocycles. The van der Waals surface area contributed by atoms with Crippen molar-refractivity contribution in [2.24, 2.45) is 11.8 Å². The monoisotopic (exact) mass is 382 g/mol. The van der Waals surface area contributed by atoms with E-state index < -0.39 is 0 Å². The summed E-state index contributed by atoms with van der Waals surface area (Å²) < 4.78 is 10.7. The van der Waals surface area contributed by atoms with Gasteiger partial charge < -0.3 is 20.1 Å². The Morgan fingerprint density at radius 3 is 2.50 bits per heavy atom. The number of nitrogens with one attached hydrogen (secondary N) is 2. The summed E-state index contributed by atoms with van der Waals surface area (Å²) in [6.45, 7) is 3.94. The van der Waals surface area contributed by atoms with Crippen LogP contribution in [0.4, 0.5) is 5.69 Å². The first kappa shape index (κ1) is 19.7. The van der Waals surface area contributed by atoms with Gasteiger partial charge in [-0.05, 0) is 55.7 Å². The van der Waals surface area contributed by atoms with Crippen molar-refractivity contribution < 1.29 is 19.1 Å². The molecule has 2 aromatic rings. The maximum Gasteiger partial charge on any atom is 0.251 e. The first-order valence-corrected chi connectivity index (χ1v) is 9.36. The zero-order chi connectivity index (χ0) is 20.3. The van der Waals surface area contributed by atoms with E-state index in [4.69, 9.17) is 9.47 Å². The van der Waals surface area contributed by atoms with Crippen LogP contribution in [-0.4, -0.2) is 26.0 Å². The third-order valence-corrected chi connectivity index (χ3v) is 5.09. The Balaban J connectivity index is 1.70. The molecular weight excluding hydrogens is 356 g/mol. The minimum absolute atomic E-state index is 0.0135. The molecular formula is C22H26N2O4. The van der Waals surface area contributed by atoms with Gasteiger partial charge in [-0.25, -0.2) is 0 Å². The standard InChI is InChI=1S/C22H26N2O4/c1-13-10-18(13)22(26)24-16-7-5-6-15(11-16)21(25)23-14(2)19-12-17(27-3)8-9-20(19)28-4/h5-9,11-14,18H,10H2,1-4H3,(H,23,25)(H,24,26). The van der Waals surface area contributed by atoms with Gasteiger partial charge in [-0.2, -0.15) is 0 Å². The molecule has 1 aliphatic carbocycles. The smallest absolute Gasteiger partial charge is 0.251 e. The van der Waals surface area contributed by atoms with E-state index in [0.717, 1.165) is 12.0 Å². The fourth-order valence-electron chi connectivity index (χ4n) is 3.20. The van der Waals surface area contributed by atoms with E-state index in [0.29, 0.717) is 28.7 Å². The molecule has 6 heteroatoms. The van der Waals surface area contributed by atoms with E-state index >= 15 is 0 Å². The molecule has 1 aliphatic rings. The topological polar surface area (TPSA) is 76.7 Å². The highest BCUT2D eigenvalue weighted by Gasteiger charge is 2.39. The highest BCUT2D eigenvalue weighted by Crippen LogP contribution is 2.38. The zero-order valence-corrected chi connectivity index (χ0v) is 16.6. The van der Waals surface area contributed by atoms with Gasteiger partial charge in [0, 0.05) is 22.7 Å². The Bertz CT molecular complexity index is 881. The number of ether oxygens (including phenoxy) is 2. The van der Waals surface area contributed by atoms with Crippen LogP contribution in [0.1, 0.15) is 42.2 Å². The minimum atomic E-state index is -0.289. The van der Waals surface area contributed by atoms with Crippen molar-refractivity contribution in [1.29, 1.82) is 0 Å². The fraction of sp³-hybridized carbons (Fsp3) is 0.364. The van der Waals surface area contributed by atoms with Crippen LogP contribution in [0.15, 0.2) is 42.5 Å². The highest BCUT2D eigenvalue weighted by atomic mass is 16.5. The number of benzene rings is 2. The first-order chi connectivity index (χ1) is 13.4. The summed E-state index contributed by atoms with van der Waals surface area (Å²) in [5, 5.41) is 5.87. The predicted octanol–water partition coefficient (Wildman–Crippen LogP) is 3.79. The molecule has 0 heterocycles. The molecule has 3 atom stereocenters. The summed E-state index contributed by atoms with van der Waals surface area (Å²) in [6, 6.07) is 12.1. The lowest BCUT2D eigenvalue weighted by Crippen LogP contribution is -2.27. The number of carbonyl (C=O) groups is 2. The maximum absolute atomic E-state index is 12.7. The second-order valence-electron chi connectivity index (χ2n) is 7.19. The number of carbonyl (C=O) groups excluding carboxylic acids is 2. The lowest BCUT2D eigenvalue weighted by atomic mass is 10.1. The molecule has 0 saturated heterocycles. The number of anilines is 1. The van der Waals surface area contributed by atoms with E-state index in [1.165, 1.54) is 0 Å². The molecule has 0 radical (unpaired) electrons. The highest BCUT2D eigenvalue weighted by molar-refractivity contribution is 5.98. The van der Waals surface area contributed by atoms with Crippen molar-refractivity contribution in [3.8, 4) is 11.5 Å². The predicted molar refractivity (Wildman–Crippen MR) is 108 cm³/mol. The Kier molecular flexibility index (Phi) is 5.87. The third kappa shape index (κ3) is 4.44. The summed E-state index contributed by atoms with van der Waals surface area (Å²) in [5.74, 6) is 1.67. The van der Waals surface area contributed by atoms with Crippen LogP contribution in [0.5, 0.6) is 11.5 Å². The molecule has 0 spiro atoms. The number of hydrogen-bond donors (Lipinski definition) is 2. The maximum atomic E-state index is 12.7. The fourth-order valence-corrected chi connectivity index (χ4v) is 3.20.